The standard InChI is InChI=1S/C22H31N3O3/c1-5-10-25-16(2)13-19(17(25)3)14-20(15-23)22(27)28-18(4)21(26)24-11-8-6-7-9-12-24/h13-14,18H,5-12H2,1-4H3/b20-14+. The molecule has 0 saturated carbocycles. The van der Waals surface area contributed by atoms with E-state index in [9.17, 15) is 14.9 Å². The Balaban J connectivity index is 2.10. The number of aromatic nitrogens is 1. The van der Waals surface area contributed by atoms with Gasteiger partial charge in [-0.3, -0.25) is 4.79 Å². The number of rotatable bonds is 6. The molecular formula is C22H31N3O3. The van der Waals surface area contributed by atoms with Gasteiger partial charge in [0.05, 0.1) is 0 Å². The molecule has 0 bridgehead atoms. The van der Waals surface area contributed by atoms with Gasteiger partial charge in [0.25, 0.3) is 5.91 Å². The summed E-state index contributed by atoms with van der Waals surface area (Å²) in [7, 11) is 0. The molecular weight excluding hydrogens is 354 g/mol. The van der Waals surface area contributed by atoms with Crippen molar-refractivity contribution in [2.24, 2.45) is 0 Å². The van der Waals surface area contributed by atoms with Gasteiger partial charge >= 0.3 is 5.97 Å². The van der Waals surface area contributed by atoms with Gasteiger partial charge in [-0.15, -0.1) is 0 Å². The second-order valence-electron chi connectivity index (χ2n) is 7.43. The highest BCUT2D eigenvalue weighted by Gasteiger charge is 2.26. The van der Waals surface area contributed by atoms with Gasteiger partial charge in [-0.05, 0) is 57.7 Å². The third kappa shape index (κ3) is 5.25. The molecule has 1 aliphatic rings. The minimum Gasteiger partial charge on any atom is -0.448 e. The molecule has 6 nitrogen and oxygen atoms in total. The van der Waals surface area contributed by atoms with E-state index in [-0.39, 0.29) is 11.5 Å². The molecule has 0 radical (unpaired) electrons. The quantitative estimate of drug-likeness (QED) is 0.424. The molecule has 1 aliphatic heterocycles. The van der Waals surface area contributed by atoms with Crippen LogP contribution in [0.25, 0.3) is 6.08 Å². The van der Waals surface area contributed by atoms with Crippen molar-refractivity contribution in [3.63, 3.8) is 0 Å². The molecule has 0 spiro atoms. The lowest BCUT2D eigenvalue weighted by molar-refractivity contribution is -0.155. The Hall–Kier alpha value is -2.55. The summed E-state index contributed by atoms with van der Waals surface area (Å²) in [6.45, 7) is 9.95. The van der Waals surface area contributed by atoms with E-state index in [2.05, 4.69) is 11.5 Å². The van der Waals surface area contributed by atoms with Crippen LogP contribution in [0.5, 0.6) is 0 Å². The molecule has 1 amide bonds. The van der Waals surface area contributed by atoms with Crippen molar-refractivity contribution >= 4 is 18.0 Å². The van der Waals surface area contributed by atoms with Crippen LogP contribution in [-0.4, -0.2) is 40.5 Å². The maximum absolute atomic E-state index is 12.6. The first kappa shape index (κ1) is 21.7. The fourth-order valence-corrected chi connectivity index (χ4v) is 3.66. The van der Waals surface area contributed by atoms with E-state index in [0.29, 0.717) is 13.1 Å². The Bertz CT molecular complexity index is 778. The summed E-state index contributed by atoms with van der Waals surface area (Å²) in [5, 5.41) is 9.44. The Labute approximate surface area is 167 Å². The molecule has 2 heterocycles. The van der Waals surface area contributed by atoms with E-state index >= 15 is 0 Å². The first-order valence-electron chi connectivity index (χ1n) is 10.2. The van der Waals surface area contributed by atoms with Crippen LogP contribution in [0, 0.1) is 25.2 Å². The van der Waals surface area contributed by atoms with Gasteiger partial charge in [0, 0.05) is 31.0 Å². The average Bonchev–Trinajstić information content (AvgIpc) is 2.88. The first-order valence-corrected chi connectivity index (χ1v) is 10.2. The SMILES string of the molecule is CCCn1c(C)cc(/C=C(\C#N)C(=O)OC(C)C(=O)N2CCCCCC2)c1C. The van der Waals surface area contributed by atoms with Crippen molar-refractivity contribution in [2.75, 3.05) is 13.1 Å². The topological polar surface area (TPSA) is 75.3 Å². The van der Waals surface area contributed by atoms with E-state index in [1.807, 2.05) is 26.0 Å². The maximum Gasteiger partial charge on any atom is 0.349 e. The maximum atomic E-state index is 12.6. The molecule has 1 unspecified atom stereocenters. The van der Waals surface area contributed by atoms with Gasteiger partial charge in [-0.1, -0.05) is 19.8 Å². The minimum absolute atomic E-state index is 0.0905. The number of hydrogen-bond acceptors (Lipinski definition) is 4. The molecule has 0 N–H and O–H groups in total. The number of nitriles is 1. The van der Waals surface area contributed by atoms with E-state index in [4.69, 9.17) is 4.74 Å². The van der Waals surface area contributed by atoms with Crippen LogP contribution in [-0.2, 0) is 20.9 Å². The number of amides is 1. The van der Waals surface area contributed by atoms with Crippen LogP contribution >= 0.6 is 0 Å². The zero-order valence-electron chi connectivity index (χ0n) is 17.5. The van der Waals surface area contributed by atoms with Crippen LogP contribution in [0.4, 0.5) is 0 Å². The Kier molecular flexibility index (Phi) is 7.86. The number of esters is 1. The molecule has 0 aromatic carbocycles. The average molecular weight is 386 g/mol. The van der Waals surface area contributed by atoms with Gasteiger partial charge in [-0.2, -0.15) is 5.26 Å². The number of carbonyl (C=O) groups excluding carboxylic acids is 2. The van der Waals surface area contributed by atoms with Crippen molar-refractivity contribution < 1.29 is 14.3 Å². The lowest BCUT2D eigenvalue weighted by Gasteiger charge is -2.23. The van der Waals surface area contributed by atoms with Gasteiger partial charge < -0.3 is 14.2 Å². The number of aryl methyl sites for hydroxylation is 1. The first-order chi connectivity index (χ1) is 13.4. The second-order valence-corrected chi connectivity index (χ2v) is 7.43. The van der Waals surface area contributed by atoms with Gasteiger partial charge in [0.15, 0.2) is 6.10 Å². The van der Waals surface area contributed by atoms with Crippen molar-refractivity contribution in [1.82, 2.24) is 9.47 Å². The molecule has 1 atom stereocenters. The number of nitrogens with zero attached hydrogens (tertiary/aromatic N) is 3. The molecule has 1 saturated heterocycles. The molecule has 1 aromatic rings. The van der Waals surface area contributed by atoms with Gasteiger partial charge in [0.1, 0.15) is 11.6 Å². The van der Waals surface area contributed by atoms with Crippen LogP contribution in [0.2, 0.25) is 0 Å². The number of hydrogen-bond donors (Lipinski definition) is 0. The summed E-state index contributed by atoms with van der Waals surface area (Å²) in [4.78, 5) is 26.8. The summed E-state index contributed by atoms with van der Waals surface area (Å²) in [6, 6.07) is 3.88. The van der Waals surface area contributed by atoms with Crippen molar-refractivity contribution in [2.45, 2.75) is 72.4 Å². The smallest absolute Gasteiger partial charge is 0.349 e. The summed E-state index contributed by atoms with van der Waals surface area (Å²) in [5.74, 6) is -0.938. The highest BCUT2D eigenvalue weighted by atomic mass is 16.5. The fourth-order valence-electron chi connectivity index (χ4n) is 3.66. The van der Waals surface area contributed by atoms with Gasteiger partial charge in [-0.25, -0.2) is 4.79 Å². The Morgan fingerprint density at radius 3 is 2.46 bits per heavy atom. The van der Waals surface area contributed by atoms with Crippen LogP contribution in [0.3, 0.4) is 0 Å². The lowest BCUT2D eigenvalue weighted by atomic mass is 10.1. The molecule has 2 rings (SSSR count). The van der Waals surface area contributed by atoms with E-state index in [0.717, 1.165) is 55.6 Å². The normalized spacial score (nSPS) is 16.2. The summed E-state index contributed by atoms with van der Waals surface area (Å²) in [6.07, 6.45) is 5.86. The predicted octanol–water partition coefficient (Wildman–Crippen LogP) is 3.76. The number of ether oxygens (including phenoxy) is 1. The Morgan fingerprint density at radius 1 is 1.25 bits per heavy atom. The van der Waals surface area contributed by atoms with E-state index in [1.165, 1.54) is 0 Å². The van der Waals surface area contributed by atoms with Crippen LogP contribution in [0.15, 0.2) is 11.6 Å². The number of carbonyl (C=O) groups is 2. The van der Waals surface area contributed by atoms with Crippen molar-refractivity contribution in [1.29, 1.82) is 5.26 Å². The molecule has 152 valence electrons. The molecule has 6 heteroatoms. The van der Waals surface area contributed by atoms with Crippen LogP contribution < -0.4 is 0 Å². The minimum atomic E-state index is -0.894. The highest BCUT2D eigenvalue weighted by molar-refractivity contribution is 5.99. The second kappa shape index (κ2) is 10.1. The summed E-state index contributed by atoms with van der Waals surface area (Å²) >= 11 is 0. The fraction of sp³-hybridized carbons (Fsp3) is 0.591. The molecule has 1 fully saturated rings. The summed E-state index contributed by atoms with van der Waals surface area (Å²) in [5.41, 5.74) is 2.83. The number of likely N-dealkylation sites (tertiary alicyclic amines) is 1. The third-order valence-corrected chi connectivity index (χ3v) is 5.25. The molecule has 28 heavy (non-hydrogen) atoms. The Morgan fingerprint density at radius 2 is 1.89 bits per heavy atom. The molecule has 1 aromatic heterocycles. The predicted molar refractivity (Wildman–Crippen MR) is 108 cm³/mol. The third-order valence-electron chi connectivity index (χ3n) is 5.25. The lowest BCUT2D eigenvalue weighted by Crippen LogP contribution is -2.40. The van der Waals surface area contributed by atoms with Gasteiger partial charge in [0.2, 0.25) is 0 Å². The molecule has 0 aliphatic carbocycles. The van der Waals surface area contributed by atoms with E-state index < -0.39 is 12.1 Å². The largest absolute Gasteiger partial charge is 0.448 e. The van der Waals surface area contributed by atoms with Crippen molar-refractivity contribution in [3.8, 4) is 6.07 Å². The monoisotopic (exact) mass is 385 g/mol. The zero-order valence-corrected chi connectivity index (χ0v) is 17.5. The zero-order chi connectivity index (χ0) is 20.7. The summed E-state index contributed by atoms with van der Waals surface area (Å²) < 4.78 is 7.49. The van der Waals surface area contributed by atoms with Crippen LogP contribution in [0.1, 0.15) is 62.9 Å². The van der Waals surface area contributed by atoms with Crippen molar-refractivity contribution in [3.05, 3.63) is 28.6 Å². The highest BCUT2D eigenvalue weighted by Crippen LogP contribution is 2.19. The van der Waals surface area contributed by atoms with E-state index in [1.54, 1.807) is 17.9 Å².